The van der Waals surface area contributed by atoms with E-state index in [1.807, 2.05) is 32.0 Å². The Balaban J connectivity index is 2.02. The van der Waals surface area contributed by atoms with Gasteiger partial charge in [0.2, 0.25) is 0 Å². The number of aromatic nitrogens is 3. The van der Waals surface area contributed by atoms with Crippen molar-refractivity contribution in [2.24, 2.45) is 0 Å². The van der Waals surface area contributed by atoms with E-state index in [0.29, 0.717) is 22.1 Å². The number of aromatic amines is 1. The van der Waals surface area contributed by atoms with Crippen molar-refractivity contribution in [1.29, 1.82) is 0 Å². The topological polar surface area (TPSA) is 70.7 Å². The van der Waals surface area contributed by atoms with Gasteiger partial charge >= 0.3 is 0 Å². The Morgan fingerprint density at radius 3 is 2.67 bits per heavy atom. The van der Waals surface area contributed by atoms with Crippen molar-refractivity contribution < 1.29 is 4.79 Å². The molecule has 0 radical (unpaired) electrons. The Hall–Kier alpha value is -2.40. The molecule has 0 aliphatic heterocycles. The molecule has 0 spiro atoms. The van der Waals surface area contributed by atoms with E-state index in [-0.39, 0.29) is 5.91 Å². The third-order valence-corrected chi connectivity index (χ3v) is 3.87. The van der Waals surface area contributed by atoms with Crippen LogP contribution in [-0.2, 0) is 0 Å². The molecule has 0 bridgehead atoms. The minimum atomic E-state index is -0.222. The smallest absolute Gasteiger partial charge is 0.256 e. The van der Waals surface area contributed by atoms with E-state index in [0.717, 1.165) is 16.6 Å². The van der Waals surface area contributed by atoms with Gasteiger partial charge in [0.15, 0.2) is 11.5 Å². The van der Waals surface area contributed by atoms with Crippen molar-refractivity contribution in [1.82, 2.24) is 15.2 Å². The van der Waals surface area contributed by atoms with Crippen molar-refractivity contribution in [2.75, 3.05) is 5.32 Å². The zero-order valence-corrected chi connectivity index (χ0v) is 12.3. The van der Waals surface area contributed by atoms with Gasteiger partial charge in [-0.05, 0) is 31.5 Å². The molecule has 0 aliphatic rings. The molecule has 21 heavy (non-hydrogen) atoms. The second-order valence-corrected chi connectivity index (χ2v) is 5.13. The highest BCUT2D eigenvalue weighted by molar-refractivity contribution is 6.33. The van der Waals surface area contributed by atoms with E-state index in [9.17, 15) is 4.79 Å². The summed E-state index contributed by atoms with van der Waals surface area (Å²) in [6.45, 7) is 3.71. The first-order valence-electron chi connectivity index (χ1n) is 6.45. The molecule has 6 heteroatoms. The lowest BCUT2D eigenvalue weighted by molar-refractivity contribution is 0.102. The molecule has 3 rings (SSSR count). The van der Waals surface area contributed by atoms with Gasteiger partial charge in [-0.1, -0.05) is 29.8 Å². The highest BCUT2D eigenvalue weighted by Crippen LogP contribution is 2.30. The fraction of sp³-hybridized carbons (Fsp3) is 0.133. The highest BCUT2D eigenvalue weighted by Gasteiger charge is 2.16. The molecule has 1 amide bonds. The highest BCUT2D eigenvalue weighted by atomic mass is 35.5. The predicted molar refractivity (Wildman–Crippen MR) is 82.8 cm³/mol. The molecule has 0 saturated carbocycles. The molecular formula is C15H13ClN4O. The van der Waals surface area contributed by atoms with E-state index >= 15 is 0 Å². The summed E-state index contributed by atoms with van der Waals surface area (Å²) in [6.07, 6.45) is 0. The molecule has 2 N–H and O–H groups in total. The van der Waals surface area contributed by atoms with E-state index in [2.05, 4.69) is 20.5 Å². The average Bonchev–Trinajstić information content (AvgIpc) is 2.88. The maximum Gasteiger partial charge on any atom is 0.256 e. The zero-order valence-electron chi connectivity index (χ0n) is 11.6. The Morgan fingerprint density at radius 2 is 1.95 bits per heavy atom. The molecule has 3 aromatic rings. The van der Waals surface area contributed by atoms with Gasteiger partial charge in [0.25, 0.3) is 5.91 Å². The predicted octanol–water partition coefficient (Wildman–Crippen LogP) is 3.48. The molecule has 5 nitrogen and oxygen atoms in total. The van der Waals surface area contributed by atoms with Gasteiger partial charge in [0.05, 0.1) is 16.1 Å². The van der Waals surface area contributed by atoms with Gasteiger partial charge in [-0.3, -0.25) is 9.89 Å². The largest absolute Gasteiger partial charge is 0.304 e. The average molecular weight is 301 g/mol. The van der Waals surface area contributed by atoms with Crippen LogP contribution in [0.4, 0.5) is 5.82 Å². The Bertz CT molecular complexity index is 827. The summed E-state index contributed by atoms with van der Waals surface area (Å²) in [6, 6.07) is 8.96. The van der Waals surface area contributed by atoms with Crippen LogP contribution in [0.25, 0.3) is 11.0 Å². The standard InChI is InChI=1S/C15H13ClN4O/c1-8-11-13(17-9(2)12(8)16)19-20-14(11)18-15(21)10-6-4-3-5-7-10/h3-7H,1-2H3,(H2,17,18,19,20,21). The molecule has 0 unspecified atom stereocenters. The summed E-state index contributed by atoms with van der Waals surface area (Å²) < 4.78 is 0. The minimum absolute atomic E-state index is 0.222. The first-order valence-corrected chi connectivity index (χ1v) is 6.83. The second-order valence-electron chi connectivity index (χ2n) is 4.75. The number of aryl methyl sites for hydroxylation is 2. The summed E-state index contributed by atoms with van der Waals surface area (Å²) in [5, 5.41) is 11.0. The van der Waals surface area contributed by atoms with Gasteiger partial charge in [0, 0.05) is 5.56 Å². The quantitative estimate of drug-likeness (QED) is 0.761. The number of hydrogen-bond donors (Lipinski definition) is 2. The molecule has 0 fully saturated rings. The number of nitrogens with one attached hydrogen (secondary N) is 2. The lowest BCUT2D eigenvalue weighted by Gasteiger charge is -2.06. The number of carbonyl (C=O) groups excluding carboxylic acids is 1. The van der Waals surface area contributed by atoms with Gasteiger partial charge < -0.3 is 5.32 Å². The number of pyridine rings is 1. The normalized spacial score (nSPS) is 10.8. The van der Waals surface area contributed by atoms with Crippen molar-refractivity contribution in [3.05, 3.63) is 52.2 Å². The molecule has 0 saturated heterocycles. The number of anilines is 1. The zero-order chi connectivity index (χ0) is 15.0. The van der Waals surface area contributed by atoms with Gasteiger partial charge in [-0.25, -0.2) is 4.98 Å². The van der Waals surface area contributed by atoms with Crippen LogP contribution in [0.1, 0.15) is 21.6 Å². The van der Waals surface area contributed by atoms with Crippen LogP contribution in [0, 0.1) is 13.8 Å². The van der Waals surface area contributed by atoms with Crippen LogP contribution in [0.15, 0.2) is 30.3 Å². The van der Waals surface area contributed by atoms with Gasteiger partial charge in [0.1, 0.15) is 0 Å². The van der Waals surface area contributed by atoms with E-state index in [1.165, 1.54) is 0 Å². The summed E-state index contributed by atoms with van der Waals surface area (Å²) in [5.41, 5.74) is 2.75. The first-order chi connectivity index (χ1) is 10.1. The molecule has 2 heterocycles. The summed E-state index contributed by atoms with van der Waals surface area (Å²) in [4.78, 5) is 16.5. The SMILES string of the molecule is Cc1nc2[nH]nc(NC(=O)c3ccccc3)c2c(C)c1Cl. The van der Waals surface area contributed by atoms with Crippen LogP contribution in [0.2, 0.25) is 5.02 Å². The van der Waals surface area contributed by atoms with E-state index in [1.54, 1.807) is 12.1 Å². The molecule has 0 atom stereocenters. The number of benzene rings is 1. The number of halogens is 1. The Morgan fingerprint density at radius 1 is 1.24 bits per heavy atom. The molecule has 106 valence electrons. The summed E-state index contributed by atoms with van der Waals surface area (Å²) >= 11 is 6.22. The van der Waals surface area contributed by atoms with Crippen LogP contribution in [0.3, 0.4) is 0 Å². The van der Waals surface area contributed by atoms with Crippen LogP contribution in [-0.4, -0.2) is 21.1 Å². The number of rotatable bonds is 2. The summed E-state index contributed by atoms with van der Waals surface area (Å²) in [5.74, 6) is 0.214. The van der Waals surface area contributed by atoms with Crippen LogP contribution in [0.5, 0.6) is 0 Å². The Kier molecular flexibility index (Phi) is 3.35. The van der Waals surface area contributed by atoms with Crippen molar-refractivity contribution in [3.63, 3.8) is 0 Å². The van der Waals surface area contributed by atoms with Crippen molar-refractivity contribution in [3.8, 4) is 0 Å². The number of fused-ring (bicyclic) bond motifs is 1. The fourth-order valence-electron chi connectivity index (χ4n) is 2.23. The molecular weight excluding hydrogens is 288 g/mol. The second kappa shape index (κ2) is 5.18. The lowest BCUT2D eigenvalue weighted by atomic mass is 10.1. The van der Waals surface area contributed by atoms with Gasteiger partial charge in [-0.15, -0.1) is 0 Å². The Labute approximate surface area is 126 Å². The first kappa shape index (κ1) is 13.6. The minimum Gasteiger partial charge on any atom is -0.304 e. The van der Waals surface area contributed by atoms with E-state index in [4.69, 9.17) is 11.6 Å². The molecule has 1 aromatic carbocycles. The fourth-order valence-corrected chi connectivity index (χ4v) is 2.36. The molecule has 0 aliphatic carbocycles. The summed E-state index contributed by atoms with van der Waals surface area (Å²) in [7, 11) is 0. The maximum absolute atomic E-state index is 12.2. The lowest BCUT2D eigenvalue weighted by Crippen LogP contribution is -2.12. The number of nitrogens with zero attached hydrogens (tertiary/aromatic N) is 2. The third-order valence-electron chi connectivity index (χ3n) is 3.32. The van der Waals surface area contributed by atoms with Crippen molar-refractivity contribution in [2.45, 2.75) is 13.8 Å². The van der Waals surface area contributed by atoms with Crippen molar-refractivity contribution >= 4 is 34.4 Å². The number of hydrogen-bond acceptors (Lipinski definition) is 3. The number of H-pyrrole nitrogens is 1. The third kappa shape index (κ3) is 2.36. The van der Waals surface area contributed by atoms with E-state index < -0.39 is 0 Å². The number of carbonyl (C=O) groups is 1. The molecule has 2 aromatic heterocycles. The number of amides is 1. The van der Waals surface area contributed by atoms with Gasteiger partial charge in [-0.2, -0.15) is 5.10 Å². The monoisotopic (exact) mass is 300 g/mol. The maximum atomic E-state index is 12.2. The van der Waals surface area contributed by atoms with Crippen LogP contribution < -0.4 is 5.32 Å². The van der Waals surface area contributed by atoms with Crippen LogP contribution >= 0.6 is 11.6 Å².